The highest BCUT2D eigenvalue weighted by molar-refractivity contribution is 5.66. The summed E-state index contributed by atoms with van der Waals surface area (Å²) >= 11 is 0. The smallest absolute Gasteiger partial charge is 0.303 e. The van der Waals surface area contributed by atoms with E-state index in [0.29, 0.717) is 24.2 Å². The number of hydrogen-bond donors (Lipinski definition) is 4. The highest BCUT2D eigenvalue weighted by atomic mass is 16.4. The molecule has 11 atom stereocenters. The molecule has 5 heteroatoms. The second-order valence-corrected chi connectivity index (χ2v) is 11.5. The third-order valence-corrected chi connectivity index (χ3v) is 10.2. The van der Waals surface area contributed by atoms with E-state index in [4.69, 9.17) is 5.11 Å². The molecule has 166 valence electrons. The molecule has 0 aliphatic heterocycles. The van der Waals surface area contributed by atoms with Crippen molar-refractivity contribution in [2.24, 2.45) is 46.3 Å². The molecule has 0 radical (unpaired) electrons. The lowest BCUT2D eigenvalue weighted by atomic mass is 9.43. The number of rotatable bonds is 4. The van der Waals surface area contributed by atoms with E-state index in [1.54, 1.807) is 0 Å². The SMILES string of the molecule is C[C@H](CCC(=O)O)[C@H]1C[C@H](O)[C@H]2[C@@H]3[C@H](O)C[C@@H]4C[C@H](O)CC[C@]4(C)[C@H]3CC[C@@]21C. The van der Waals surface area contributed by atoms with E-state index in [9.17, 15) is 20.1 Å². The van der Waals surface area contributed by atoms with Crippen molar-refractivity contribution >= 4 is 5.97 Å². The van der Waals surface area contributed by atoms with E-state index < -0.39 is 18.2 Å². The summed E-state index contributed by atoms with van der Waals surface area (Å²) < 4.78 is 0. The Hall–Kier alpha value is -0.650. The molecule has 4 fully saturated rings. The summed E-state index contributed by atoms with van der Waals surface area (Å²) in [6, 6.07) is 0. The van der Waals surface area contributed by atoms with Crippen LogP contribution >= 0.6 is 0 Å². The predicted molar refractivity (Wildman–Crippen MR) is 110 cm³/mol. The summed E-state index contributed by atoms with van der Waals surface area (Å²) in [7, 11) is 0. The van der Waals surface area contributed by atoms with Crippen LogP contribution < -0.4 is 0 Å². The van der Waals surface area contributed by atoms with Crippen molar-refractivity contribution in [3.05, 3.63) is 0 Å². The van der Waals surface area contributed by atoms with Crippen molar-refractivity contribution in [1.29, 1.82) is 0 Å². The maximum Gasteiger partial charge on any atom is 0.303 e. The molecule has 0 aromatic heterocycles. The van der Waals surface area contributed by atoms with Gasteiger partial charge in [-0.2, -0.15) is 0 Å². The average molecular weight is 409 g/mol. The molecule has 0 amide bonds. The summed E-state index contributed by atoms with van der Waals surface area (Å²) in [5.41, 5.74) is 0.119. The van der Waals surface area contributed by atoms with E-state index in [1.165, 1.54) is 0 Å². The Bertz CT molecular complexity index is 637. The van der Waals surface area contributed by atoms with Crippen LogP contribution in [0.1, 0.15) is 78.6 Å². The second-order valence-electron chi connectivity index (χ2n) is 11.5. The van der Waals surface area contributed by atoms with E-state index >= 15 is 0 Å². The Morgan fingerprint density at radius 2 is 1.69 bits per heavy atom. The van der Waals surface area contributed by atoms with Crippen molar-refractivity contribution in [3.63, 3.8) is 0 Å². The van der Waals surface area contributed by atoms with Gasteiger partial charge in [0.05, 0.1) is 18.3 Å². The number of fused-ring (bicyclic) bond motifs is 5. The minimum atomic E-state index is -0.748. The van der Waals surface area contributed by atoms with Crippen LogP contribution in [-0.2, 0) is 4.79 Å². The molecule has 0 aromatic rings. The minimum absolute atomic E-state index is 0.0309. The molecule has 0 unspecified atom stereocenters. The van der Waals surface area contributed by atoms with Crippen LogP contribution in [0.3, 0.4) is 0 Å². The maximum atomic E-state index is 11.3. The molecule has 0 heterocycles. The summed E-state index contributed by atoms with van der Waals surface area (Å²) in [6.07, 6.45) is 6.07. The molecule has 0 saturated heterocycles. The standard InChI is InChI=1S/C24H40O5/c1-13(4-5-20(28)29)17-12-19(27)22-21-16(7-9-24(17,22)3)23(2)8-6-15(25)10-14(23)11-18(21)26/h13-19,21-22,25-27H,4-12H2,1-3H3,(H,28,29)/t13-,14+,15-,16+,17-,18-,19+,21+,22+,23+,24-/m1/s1. The summed E-state index contributed by atoms with van der Waals surface area (Å²) in [4.78, 5) is 11.1. The Balaban J connectivity index is 1.60. The van der Waals surface area contributed by atoms with Gasteiger partial charge in [-0.1, -0.05) is 20.8 Å². The number of carboxylic acids is 1. The van der Waals surface area contributed by atoms with Gasteiger partial charge in [0.15, 0.2) is 0 Å². The molecule has 0 bridgehead atoms. The number of aliphatic carboxylic acids is 1. The van der Waals surface area contributed by atoms with Gasteiger partial charge in [-0.15, -0.1) is 0 Å². The Morgan fingerprint density at radius 1 is 1.00 bits per heavy atom. The van der Waals surface area contributed by atoms with Gasteiger partial charge in [0.1, 0.15) is 0 Å². The van der Waals surface area contributed by atoms with Crippen molar-refractivity contribution in [2.75, 3.05) is 0 Å². The van der Waals surface area contributed by atoms with Crippen LogP contribution in [0.4, 0.5) is 0 Å². The fraction of sp³-hybridized carbons (Fsp3) is 0.958. The van der Waals surface area contributed by atoms with Gasteiger partial charge < -0.3 is 20.4 Å². The van der Waals surface area contributed by atoms with Gasteiger partial charge in [0.25, 0.3) is 0 Å². The van der Waals surface area contributed by atoms with Crippen molar-refractivity contribution in [3.8, 4) is 0 Å². The average Bonchev–Trinajstić information content (AvgIpc) is 2.92. The van der Waals surface area contributed by atoms with Crippen LogP contribution in [-0.4, -0.2) is 44.7 Å². The van der Waals surface area contributed by atoms with Gasteiger partial charge in [-0.05, 0) is 97.7 Å². The highest BCUT2D eigenvalue weighted by Gasteiger charge is 2.65. The highest BCUT2D eigenvalue weighted by Crippen LogP contribution is 2.68. The summed E-state index contributed by atoms with van der Waals surface area (Å²) in [5, 5.41) is 41.8. The summed E-state index contributed by atoms with van der Waals surface area (Å²) in [6.45, 7) is 6.83. The largest absolute Gasteiger partial charge is 0.481 e. The third kappa shape index (κ3) is 3.36. The van der Waals surface area contributed by atoms with E-state index in [0.717, 1.165) is 44.9 Å². The van der Waals surface area contributed by atoms with Crippen LogP contribution in [0.2, 0.25) is 0 Å². The number of aliphatic hydroxyl groups excluding tert-OH is 3. The first-order chi connectivity index (χ1) is 13.6. The molecule has 4 aliphatic carbocycles. The zero-order chi connectivity index (χ0) is 21.1. The van der Waals surface area contributed by atoms with Gasteiger partial charge in [0.2, 0.25) is 0 Å². The molecular formula is C24H40O5. The van der Waals surface area contributed by atoms with Gasteiger partial charge >= 0.3 is 5.97 Å². The quantitative estimate of drug-likeness (QED) is 0.571. The first-order valence-electron chi connectivity index (χ1n) is 11.8. The predicted octanol–water partition coefficient (Wildman–Crippen LogP) is 3.45. The zero-order valence-corrected chi connectivity index (χ0v) is 18.3. The van der Waals surface area contributed by atoms with Crippen molar-refractivity contribution < 1.29 is 25.2 Å². The fourth-order valence-electron chi connectivity index (χ4n) is 8.73. The topological polar surface area (TPSA) is 98.0 Å². The molecule has 4 saturated carbocycles. The lowest BCUT2D eigenvalue weighted by Gasteiger charge is -2.62. The minimum Gasteiger partial charge on any atom is -0.481 e. The molecule has 4 rings (SSSR count). The number of hydrogen-bond acceptors (Lipinski definition) is 4. The first kappa shape index (κ1) is 21.6. The Kier molecular flexibility index (Phi) is 5.57. The van der Waals surface area contributed by atoms with E-state index in [1.807, 2.05) is 0 Å². The Labute approximate surface area is 174 Å². The van der Waals surface area contributed by atoms with E-state index in [2.05, 4.69) is 20.8 Å². The maximum absolute atomic E-state index is 11.3. The van der Waals surface area contributed by atoms with E-state index in [-0.39, 0.29) is 41.1 Å². The number of carboxylic acid groups (broad SMARTS) is 1. The molecular weight excluding hydrogens is 368 g/mol. The molecule has 0 spiro atoms. The first-order valence-corrected chi connectivity index (χ1v) is 11.8. The normalized spacial score (nSPS) is 52.9. The molecule has 29 heavy (non-hydrogen) atoms. The summed E-state index contributed by atoms with van der Waals surface area (Å²) in [5.74, 6) is 0.826. The number of aliphatic hydroxyl groups is 3. The lowest BCUT2D eigenvalue weighted by molar-refractivity contribution is -0.185. The van der Waals surface area contributed by atoms with Crippen LogP contribution in [0.5, 0.6) is 0 Å². The molecule has 0 aromatic carbocycles. The third-order valence-electron chi connectivity index (χ3n) is 10.2. The Morgan fingerprint density at radius 3 is 2.38 bits per heavy atom. The zero-order valence-electron chi connectivity index (χ0n) is 18.3. The van der Waals surface area contributed by atoms with Crippen molar-refractivity contribution in [2.45, 2.75) is 96.9 Å². The number of carbonyl (C=O) groups is 1. The van der Waals surface area contributed by atoms with Crippen LogP contribution in [0, 0.1) is 46.3 Å². The van der Waals surface area contributed by atoms with Gasteiger partial charge in [-0.25, -0.2) is 0 Å². The second kappa shape index (κ2) is 7.49. The lowest BCUT2D eigenvalue weighted by Crippen LogP contribution is -2.60. The van der Waals surface area contributed by atoms with Crippen molar-refractivity contribution in [1.82, 2.24) is 0 Å². The molecule has 4 N–H and O–H groups in total. The van der Waals surface area contributed by atoms with Crippen LogP contribution in [0.25, 0.3) is 0 Å². The van der Waals surface area contributed by atoms with Gasteiger partial charge in [0, 0.05) is 6.42 Å². The van der Waals surface area contributed by atoms with Gasteiger partial charge in [-0.3, -0.25) is 4.79 Å². The molecule has 4 aliphatic rings. The fourth-order valence-corrected chi connectivity index (χ4v) is 8.73. The monoisotopic (exact) mass is 408 g/mol. The molecule has 5 nitrogen and oxygen atoms in total. The van der Waals surface area contributed by atoms with Crippen LogP contribution in [0.15, 0.2) is 0 Å².